The third-order valence-corrected chi connectivity index (χ3v) is 5.20. The molecule has 8 nitrogen and oxygen atoms in total. The van der Waals surface area contributed by atoms with Gasteiger partial charge in [0.15, 0.2) is 0 Å². The summed E-state index contributed by atoms with van der Waals surface area (Å²) < 4.78 is 10.9. The Balaban J connectivity index is 1.46. The molecule has 2 aliphatic heterocycles. The minimum absolute atomic E-state index is 0.0176. The van der Waals surface area contributed by atoms with Gasteiger partial charge < -0.3 is 25.0 Å². The first-order chi connectivity index (χ1) is 13.5. The van der Waals surface area contributed by atoms with Gasteiger partial charge in [-0.05, 0) is 31.3 Å². The van der Waals surface area contributed by atoms with Gasteiger partial charge in [0.25, 0.3) is 0 Å². The maximum absolute atomic E-state index is 12.2. The number of rotatable bonds is 7. The molecule has 0 radical (unpaired) electrons. The molecule has 2 aliphatic rings. The molecule has 0 bridgehead atoms. The number of likely N-dealkylation sites (N-methyl/N-ethyl adjacent to an activating group) is 1. The fourth-order valence-electron chi connectivity index (χ4n) is 3.51. The van der Waals surface area contributed by atoms with Crippen LogP contribution in [-0.2, 0) is 20.7 Å². The predicted molar refractivity (Wildman–Crippen MR) is 105 cm³/mol. The number of amides is 2. The van der Waals surface area contributed by atoms with Crippen LogP contribution in [0, 0.1) is 0 Å². The fraction of sp³-hybridized carbons (Fsp3) is 0.600. The van der Waals surface area contributed by atoms with Crippen LogP contribution in [0.5, 0.6) is 5.75 Å². The van der Waals surface area contributed by atoms with Crippen LogP contribution in [0.25, 0.3) is 0 Å². The molecule has 1 fully saturated rings. The summed E-state index contributed by atoms with van der Waals surface area (Å²) in [5.41, 5.74) is 2.29. The Bertz CT molecular complexity index is 689. The smallest absolute Gasteiger partial charge is 0.309 e. The van der Waals surface area contributed by atoms with Gasteiger partial charge in [-0.1, -0.05) is 12.1 Å². The van der Waals surface area contributed by atoms with Gasteiger partial charge in [0.2, 0.25) is 0 Å². The van der Waals surface area contributed by atoms with Crippen molar-refractivity contribution in [1.82, 2.24) is 20.4 Å². The molecule has 2 amide bonds. The first-order valence-corrected chi connectivity index (χ1v) is 9.83. The van der Waals surface area contributed by atoms with E-state index in [9.17, 15) is 9.59 Å². The van der Waals surface area contributed by atoms with E-state index < -0.39 is 11.8 Å². The Hall–Kier alpha value is -2.16. The van der Waals surface area contributed by atoms with E-state index in [4.69, 9.17) is 9.47 Å². The number of morpholine rings is 1. The van der Waals surface area contributed by atoms with Gasteiger partial charge in [-0.3, -0.25) is 14.5 Å². The zero-order valence-electron chi connectivity index (χ0n) is 16.7. The minimum atomic E-state index is -0.599. The number of nitrogens with one attached hydrogen (secondary N) is 2. The third-order valence-electron chi connectivity index (χ3n) is 5.20. The van der Waals surface area contributed by atoms with Gasteiger partial charge in [-0.2, -0.15) is 0 Å². The molecule has 1 saturated heterocycles. The highest BCUT2D eigenvalue weighted by molar-refractivity contribution is 6.35. The molecule has 3 rings (SSSR count). The van der Waals surface area contributed by atoms with Crippen molar-refractivity contribution in [1.29, 1.82) is 0 Å². The van der Waals surface area contributed by atoms with E-state index in [1.54, 1.807) is 0 Å². The van der Waals surface area contributed by atoms with Crippen molar-refractivity contribution in [2.75, 3.05) is 66.6 Å². The molecule has 2 heterocycles. The van der Waals surface area contributed by atoms with E-state index in [1.807, 2.05) is 31.1 Å². The predicted octanol–water partition coefficient (Wildman–Crippen LogP) is -0.211. The van der Waals surface area contributed by atoms with Crippen molar-refractivity contribution in [3.8, 4) is 5.75 Å². The standard InChI is InChI=1S/C20H30N4O4/c1-23(2)17(15-3-4-18-16(13-15)5-10-28-18)14-22-20(26)19(25)21-6-7-24-8-11-27-12-9-24/h3-4,13,17H,5-12,14H2,1-2H3,(H,21,25)(H,22,26). The first kappa shape index (κ1) is 20.6. The average molecular weight is 390 g/mol. The fourth-order valence-corrected chi connectivity index (χ4v) is 3.51. The molecule has 0 spiro atoms. The van der Waals surface area contributed by atoms with Crippen LogP contribution in [-0.4, -0.2) is 88.3 Å². The molecular weight excluding hydrogens is 360 g/mol. The van der Waals surface area contributed by atoms with Crippen LogP contribution in [0.3, 0.4) is 0 Å². The molecule has 1 aromatic rings. The Kier molecular flexibility index (Phi) is 7.24. The minimum Gasteiger partial charge on any atom is -0.493 e. The summed E-state index contributed by atoms with van der Waals surface area (Å²) in [5, 5.41) is 5.45. The summed E-state index contributed by atoms with van der Waals surface area (Å²) in [5.74, 6) is -0.253. The molecule has 2 N–H and O–H groups in total. The number of benzene rings is 1. The van der Waals surface area contributed by atoms with Crippen LogP contribution in [0.4, 0.5) is 0 Å². The molecule has 28 heavy (non-hydrogen) atoms. The van der Waals surface area contributed by atoms with Crippen molar-refractivity contribution in [3.05, 3.63) is 29.3 Å². The summed E-state index contributed by atoms with van der Waals surface area (Å²) in [4.78, 5) is 28.5. The number of carbonyl (C=O) groups excluding carboxylic acids is 2. The Morgan fingerprint density at radius 1 is 1.14 bits per heavy atom. The number of hydrogen-bond donors (Lipinski definition) is 2. The number of hydrogen-bond acceptors (Lipinski definition) is 6. The van der Waals surface area contributed by atoms with E-state index in [-0.39, 0.29) is 6.04 Å². The first-order valence-electron chi connectivity index (χ1n) is 9.83. The van der Waals surface area contributed by atoms with Crippen molar-refractivity contribution in [2.45, 2.75) is 12.5 Å². The van der Waals surface area contributed by atoms with Gasteiger partial charge in [-0.15, -0.1) is 0 Å². The van der Waals surface area contributed by atoms with Crippen molar-refractivity contribution < 1.29 is 19.1 Å². The van der Waals surface area contributed by atoms with E-state index in [0.29, 0.717) is 19.7 Å². The molecule has 1 unspecified atom stereocenters. The molecule has 8 heteroatoms. The molecular formula is C20H30N4O4. The summed E-state index contributed by atoms with van der Waals surface area (Å²) in [6, 6.07) is 6.11. The van der Waals surface area contributed by atoms with Gasteiger partial charge >= 0.3 is 11.8 Å². The lowest BCUT2D eigenvalue weighted by atomic mass is 10.0. The zero-order valence-corrected chi connectivity index (χ0v) is 16.7. The van der Waals surface area contributed by atoms with E-state index in [2.05, 4.69) is 21.6 Å². The normalized spacial score (nSPS) is 17.7. The van der Waals surface area contributed by atoms with Gasteiger partial charge in [-0.25, -0.2) is 0 Å². The van der Waals surface area contributed by atoms with Gasteiger partial charge in [0, 0.05) is 39.1 Å². The average Bonchev–Trinajstić information content (AvgIpc) is 3.16. The van der Waals surface area contributed by atoms with Crippen LogP contribution in [0.1, 0.15) is 17.2 Å². The quantitative estimate of drug-likeness (QED) is 0.627. The number of fused-ring (bicyclic) bond motifs is 1. The number of nitrogens with zero attached hydrogens (tertiary/aromatic N) is 2. The van der Waals surface area contributed by atoms with Crippen LogP contribution in [0.15, 0.2) is 18.2 Å². The largest absolute Gasteiger partial charge is 0.493 e. The zero-order chi connectivity index (χ0) is 19.9. The van der Waals surface area contributed by atoms with Gasteiger partial charge in [0.05, 0.1) is 25.9 Å². The van der Waals surface area contributed by atoms with E-state index >= 15 is 0 Å². The molecule has 0 aliphatic carbocycles. The second kappa shape index (κ2) is 9.86. The summed E-state index contributed by atoms with van der Waals surface area (Å²) >= 11 is 0. The highest BCUT2D eigenvalue weighted by Crippen LogP contribution is 2.29. The maximum Gasteiger partial charge on any atom is 0.309 e. The number of carbonyl (C=O) groups is 2. The Morgan fingerprint density at radius 3 is 2.64 bits per heavy atom. The van der Waals surface area contributed by atoms with E-state index in [0.717, 1.165) is 50.6 Å². The second-order valence-electron chi connectivity index (χ2n) is 7.36. The van der Waals surface area contributed by atoms with Crippen LogP contribution >= 0.6 is 0 Å². The topological polar surface area (TPSA) is 83.1 Å². The molecule has 154 valence electrons. The second-order valence-corrected chi connectivity index (χ2v) is 7.36. The van der Waals surface area contributed by atoms with Crippen molar-refractivity contribution in [2.24, 2.45) is 0 Å². The number of ether oxygens (including phenoxy) is 2. The molecule has 1 atom stereocenters. The highest BCUT2D eigenvalue weighted by Gasteiger charge is 2.21. The SMILES string of the molecule is CN(C)C(CNC(=O)C(=O)NCCN1CCOCC1)c1ccc2c(c1)CCO2. The van der Waals surface area contributed by atoms with Crippen molar-refractivity contribution >= 4 is 11.8 Å². The van der Waals surface area contributed by atoms with Gasteiger partial charge in [0.1, 0.15) is 5.75 Å². The Labute approximate surface area is 166 Å². The lowest BCUT2D eigenvalue weighted by molar-refractivity contribution is -0.139. The summed E-state index contributed by atoms with van der Waals surface area (Å²) in [6.45, 7) is 5.41. The molecule has 1 aromatic carbocycles. The molecule has 0 saturated carbocycles. The monoisotopic (exact) mass is 390 g/mol. The third kappa shape index (κ3) is 5.43. The maximum atomic E-state index is 12.2. The van der Waals surface area contributed by atoms with Crippen molar-refractivity contribution in [3.63, 3.8) is 0 Å². The lowest BCUT2D eigenvalue weighted by Crippen LogP contribution is -2.46. The lowest BCUT2D eigenvalue weighted by Gasteiger charge is -2.26. The Morgan fingerprint density at radius 2 is 1.89 bits per heavy atom. The van der Waals surface area contributed by atoms with E-state index in [1.165, 1.54) is 5.56 Å². The van der Waals surface area contributed by atoms with Crippen LogP contribution in [0.2, 0.25) is 0 Å². The highest BCUT2D eigenvalue weighted by atomic mass is 16.5. The summed E-state index contributed by atoms with van der Waals surface area (Å²) in [6.07, 6.45) is 0.904. The molecule has 0 aromatic heterocycles. The van der Waals surface area contributed by atoms with Crippen LogP contribution < -0.4 is 15.4 Å². The summed E-state index contributed by atoms with van der Waals surface area (Å²) in [7, 11) is 3.92.